The maximum Gasteiger partial charge on any atom is 0.116 e. The topological polar surface area (TPSA) is 38.7 Å². The highest BCUT2D eigenvalue weighted by Crippen LogP contribution is 2.28. The van der Waals surface area contributed by atoms with Crippen LogP contribution in [0.4, 0.5) is 0 Å². The fraction of sp³-hybridized carbons (Fsp3) is 0. The van der Waals surface area contributed by atoms with E-state index in [-0.39, 0.29) is 0 Å². The number of hydrogen-bond donors (Lipinski definition) is 0. The second kappa shape index (κ2) is 4.22. The average Bonchev–Trinajstić information content (AvgIpc) is 2.40. The summed E-state index contributed by atoms with van der Waals surface area (Å²) in [6.45, 7) is 0. The zero-order valence-corrected chi connectivity index (χ0v) is 10.4. The van der Waals surface area contributed by atoms with Gasteiger partial charge in [-0.3, -0.25) is 4.98 Å². The first-order valence-corrected chi connectivity index (χ1v) is 5.95. The molecule has 2 aromatic heterocycles. The van der Waals surface area contributed by atoms with Crippen LogP contribution in [0.3, 0.4) is 0 Å². The quantitative estimate of drug-likeness (QED) is 0.687. The van der Waals surface area contributed by atoms with Crippen molar-refractivity contribution in [2.75, 3.05) is 0 Å². The lowest BCUT2D eigenvalue weighted by Gasteiger charge is -2.05. The van der Waals surface area contributed by atoms with Crippen LogP contribution < -0.4 is 0 Å². The van der Waals surface area contributed by atoms with Gasteiger partial charge in [-0.15, -0.1) is 0 Å². The molecule has 17 heavy (non-hydrogen) atoms. The second-order valence-corrected chi connectivity index (χ2v) is 4.45. The molecule has 3 aromatic rings. The third-order valence-corrected chi connectivity index (χ3v) is 3.19. The van der Waals surface area contributed by atoms with E-state index in [1.165, 1.54) is 0 Å². The molecule has 0 amide bonds. The van der Waals surface area contributed by atoms with Crippen molar-refractivity contribution in [1.82, 2.24) is 15.0 Å². The normalized spacial score (nSPS) is 10.6. The van der Waals surface area contributed by atoms with Crippen LogP contribution in [-0.2, 0) is 0 Å². The minimum Gasteiger partial charge on any atom is -0.264 e. The molecule has 0 saturated heterocycles. The van der Waals surface area contributed by atoms with Gasteiger partial charge in [-0.05, 0) is 34.1 Å². The molecular formula is C13H8BrN3. The summed E-state index contributed by atoms with van der Waals surface area (Å²) in [6.07, 6.45) is 5.14. The molecule has 1 aromatic carbocycles. The van der Waals surface area contributed by atoms with Crippen LogP contribution in [-0.4, -0.2) is 15.0 Å². The Kier molecular flexibility index (Phi) is 2.57. The van der Waals surface area contributed by atoms with E-state index in [1.54, 1.807) is 12.5 Å². The van der Waals surface area contributed by atoms with E-state index in [1.807, 2.05) is 36.5 Å². The molecule has 2 heterocycles. The highest BCUT2D eigenvalue weighted by atomic mass is 79.9. The Hall–Kier alpha value is -1.81. The van der Waals surface area contributed by atoms with Crippen molar-refractivity contribution >= 4 is 26.8 Å². The predicted octanol–water partition coefficient (Wildman–Crippen LogP) is 3.45. The van der Waals surface area contributed by atoms with Gasteiger partial charge in [0.25, 0.3) is 0 Å². The second-order valence-electron chi connectivity index (χ2n) is 3.60. The van der Waals surface area contributed by atoms with E-state index < -0.39 is 0 Å². The lowest BCUT2D eigenvalue weighted by atomic mass is 10.1. The Morgan fingerprint density at radius 3 is 2.76 bits per heavy atom. The first-order chi connectivity index (χ1) is 8.36. The third-order valence-electron chi connectivity index (χ3n) is 2.55. The molecular weight excluding hydrogens is 278 g/mol. The fourth-order valence-corrected chi connectivity index (χ4v) is 2.25. The Morgan fingerprint density at radius 2 is 1.94 bits per heavy atom. The molecule has 0 atom stereocenters. The van der Waals surface area contributed by atoms with Gasteiger partial charge >= 0.3 is 0 Å². The van der Waals surface area contributed by atoms with Gasteiger partial charge in [0.2, 0.25) is 0 Å². The molecule has 0 bridgehead atoms. The molecule has 0 saturated carbocycles. The van der Waals surface area contributed by atoms with Crippen molar-refractivity contribution in [3.05, 3.63) is 53.5 Å². The van der Waals surface area contributed by atoms with Gasteiger partial charge in [0.15, 0.2) is 0 Å². The molecule has 0 aliphatic rings. The van der Waals surface area contributed by atoms with Crippen LogP contribution in [0.25, 0.3) is 22.2 Å². The Bertz CT molecular complexity index is 668. The molecule has 0 unspecified atom stereocenters. The van der Waals surface area contributed by atoms with Crippen LogP contribution in [0.5, 0.6) is 0 Å². The number of para-hydroxylation sites is 1. The number of halogens is 1. The van der Waals surface area contributed by atoms with Crippen molar-refractivity contribution in [2.45, 2.75) is 0 Å². The highest BCUT2D eigenvalue weighted by molar-refractivity contribution is 9.10. The standard InChI is InChI=1S/C13H8BrN3/c14-11-5-1-4-10-12(16-8-17-13(10)11)9-3-2-6-15-7-9/h1-8H. The van der Waals surface area contributed by atoms with E-state index in [2.05, 4.69) is 30.9 Å². The first kappa shape index (κ1) is 10.4. The van der Waals surface area contributed by atoms with Gasteiger partial charge in [0.1, 0.15) is 6.33 Å². The molecule has 0 radical (unpaired) electrons. The van der Waals surface area contributed by atoms with Gasteiger partial charge < -0.3 is 0 Å². The maximum absolute atomic E-state index is 4.35. The molecule has 0 spiro atoms. The number of aromatic nitrogens is 3. The number of nitrogens with zero attached hydrogens (tertiary/aromatic N) is 3. The largest absolute Gasteiger partial charge is 0.264 e. The van der Waals surface area contributed by atoms with E-state index >= 15 is 0 Å². The lowest BCUT2D eigenvalue weighted by Crippen LogP contribution is -1.89. The number of hydrogen-bond acceptors (Lipinski definition) is 3. The third kappa shape index (κ3) is 1.80. The van der Waals surface area contributed by atoms with Crippen LogP contribution in [0, 0.1) is 0 Å². The van der Waals surface area contributed by atoms with E-state index in [4.69, 9.17) is 0 Å². The Morgan fingerprint density at radius 1 is 1.00 bits per heavy atom. The molecule has 4 heteroatoms. The smallest absolute Gasteiger partial charge is 0.116 e. The molecule has 82 valence electrons. The highest BCUT2D eigenvalue weighted by Gasteiger charge is 2.07. The summed E-state index contributed by atoms with van der Waals surface area (Å²) < 4.78 is 0.975. The van der Waals surface area contributed by atoms with Crippen LogP contribution in [0.1, 0.15) is 0 Å². The van der Waals surface area contributed by atoms with Gasteiger partial charge in [-0.1, -0.05) is 12.1 Å². The molecule has 0 aliphatic heterocycles. The predicted molar refractivity (Wildman–Crippen MR) is 70.5 cm³/mol. The van der Waals surface area contributed by atoms with Gasteiger partial charge in [0.05, 0.1) is 11.2 Å². The van der Waals surface area contributed by atoms with Crippen molar-refractivity contribution in [3.8, 4) is 11.3 Å². The van der Waals surface area contributed by atoms with E-state index in [0.29, 0.717) is 0 Å². The molecule has 0 N–H and O–H groups in total. The lowest BCUT2D eigenvalue weighted by molar-refractivity contribution is 1.21. The van der Waals surface area contributed by atoms with Gasteiger partial charge in [-0.2, -0.15) is 0 Å². The summed E-state index contributed by atoms with van der Waals surface area (Å²) in [5, 5.41) is 1.02. The molecule has 0 aliphatic carbocycles. The first-order valence-electron chi connectivity index (χ1n) is 5.16. The van der Waals surface area contributed by atoms with Crippen LogP contribution in [0.15, 0.2) is 53.5 Å². The Balaban J connectivity index is 2.35. The molecule has 3 rings (SSSR count). The van der Waals surface area contributed by atoms with Crippen molar-refractivity contribution in [2.24, 2.45) is 0 Å². The summed E-state index contributed by atoms with van der Waals surface area (Å²) in [6, 6.07) is 9.87. The summed E-state index contributed by atoms with van der Waals surface area (Å²) in [5.41, 5.74) is 2.82. The average molecular weight is 286 g/mol. The molecule has 0 fully saturated rings. The van der Waals surface area contributed by atoms with Crippen LogP contribution >= 0.6 is 15.9 Å². The Labute approximate surface area is 107 Å². The number of fused-ring (bicyclic) bond motifs is 1. The SMILES string of the molecule is Brc1cccc2c(-c3cccnc3)ncnc12. The molecule has 3 nitrogen and oxygen atoms in total. The zero-order valence-electron chi connectivity index (χ0n) is 8.84. The summed E-state index contributed by atoms with van der Waals surface area (Å²) in [7, 11) is 0. The van der Waals surface area contributed by atoms with Crippen molar-refractivity contribution < 1.29 is 0 Å². The fourth-order valence-electron chi connectivity index (χ4n) is 1.78. The monoisotopic (exact) mass is 285 g/mol. The van der Waals surface area contributed by atoms with Crippen molar-refractivity contribution in [1.29, 1.82) is 0 Å². The van der Waals surface area contributed by atoms with Crippen LogP contribution in [0.2, 0.25) is 0 Å². The van der Waals surface area contributed by atoms with Gasteiger partial charge in [0, 0.05) is 27.8 Å². The summed E-state index contributed by atoms with van der Waals surface area (Å²) in [4.78, 5) is 12.8. The summed E-state index contributed by atoms with van der Waals surface area (Å²) >= 11 is 3.50. The summed E-state index contributed by atoms with van der Waals surface area (Å²) in [5.74, 6) is 0. The van der Waals surface area contributed by atoms with E-state index in [0.717, 1.165) is 26.6 Å². The number of rotatable bonds is 1. The number of benzene rings is 1. The van der Waals surface area contributed by atoms with Gasteiger partial charge in [-0.25, -0.2) is 9.97 Å². The maximum atomic E-state index is 4.35. The minimum absolute atomic E-state index is 0.907. The van der Waals surface area contributed by atoms with E-state index in [9.17, 15) is 0 Å². The minimum atomic E-state index is 0.907. The number of pyridine rings is 1. The zero-order chi connectivity index (χ0) is 11.7. The van der Waals surface area contributed by atoms with Crippen molar-refractivity contribution in [3.63, 3.8) is 0 Å².